The fourth-order valence-corrected chi connectivity index (χ4v) is 3.45. The Labute approximate surface area is 158 Å². The minimum atomic E-state index is -0.678. The van der Waals surface area contributed by atoms with Crippen LogP contribution in [-0.4, -0.2) is 41.0 Å². The van der Waals surface area contributed by atoms with E-state index in [-0.39, 0.29) is 11.5 Å². The number of amides is 1. The number of nitro groups is 1. The summed E-state index contributed by atoms with van der Waals surface area (Å²) in [5.74, 6) is -0.804. The highest BCUT2D eigenvalue weighted by molar-refractivity contribution is 5.95. The molecule has 142 valence electrons. The van der Waals surface area contributed by atoms with E-state index in [2.05, 4.69) is 11.0 Å². The number of piperidine rings is 1. The van der Waals surface area contributed by atoms with Crippen LogP contribution in [0.15, 0.2) is 42.5 Å². The van der Waals surface area contributed by atoms with Crippen molar-refractivity contribution >= 4 is 17.3 Å². The first-order chi connectivity index (χ1) is 13.0. The van der Waals surface area contributed by atoms with E-state index in [1.165, 1.54) is 25.3 Å². The number of hydrogen-bond acceptors (Lipinski definition) is 5. The Morgan fingerprint density at radius 2 is 1.89 bits per heavy atom. The number of aromatic hydroxyl groups is 1. The normalized spacial score (nSPS) is 14.0. The molecule has 1 saturated heterocycles. The fourth-order valence-electron chi connectivity index (χ4n) is 3.45. The minimum absolute atomic E-state index is 0.219. The molecule has 0 unspecified atom stereocenters. The summed E-state index contributed by atoms with van der Waals surface area (Å²) in [6.45, 7) is 2.46. The smallest absolute Gasteiger partial charge is 0.310 e. The van der Waals surface area contributed by atoms with Crippen LogP contribution < -0.4 is 4.90 Å². The number of carbonyl (C=O) groups excluding carboxylic acids is 1. The van der Waals surface area contributed by atoms with Gasteiger partial charge in [-0.25, -0.2) is 0 Å². The van der Waals surface area contributed by atoms with Gasteiger partial charge in [0.15, 0.2) is 5.75 Å². The van der Waals surface area contributed by atoms with Crippen molar-refractivity contribution in [3.05, 3.63) is 63.7 Å². The lowest BCUT2D eigenvalue weighted by Crippen LogP contribution is -2.32. The average molecular weight is 369 g/mol. The second-order valence-corrected chi connectivity index (χ2v) is 6.80. The Morgan fingerprint density at radius 3 is 2.56 bits per heavy atom. The molecule has 0 aliphatic carbocycles. The van der Waals surface area contributed by atoms with Gasteiger partial charge in [0, 0.05) is 44.0 Å². The molecule has 3 rings (SSSR count). The van der Waals surface area contributed by atoms with Gasteiger partial charge >= 0.3 is 5.69 Å². The third kappa shape index (κ3) is 4.19. The van der Waals surface area contributed by atoms with Crippen LogP contribution >= 0.6 is 0 Å². The first-order valence-electron chi connectivity index (χ1n) is 9.03. The van der Waals surface area contributed by atoms with Gasteiger partial charge in [-0.15, -0.1) is 0 Å². The van der Waals surface area contributed by atoms with Crippen LogP contribution in [0, 0.1) is 10.1 Å². The molecule has 2 aromatic carbocycles. The SMILES string of the molecule is CN(Cc1ccccc1N1CCCCC1)C(=O)c1ccc([N+](=O)[O-])c(O)c1. The Bertz CT molecular complexity index is 847. The number of phenols is 1. The maximum absolute atomic E-state index is 12.7. The van der Waals surface area contributed by atoms with E-state index in [4.69, 9.17) is 0 Å². The van der Waals surface area contributed by atoms with E-state index in [1.54, 1.807) is 11.9 Å². The lowest BCUT2D eigenvalue weighted by molar-refractivity contribution is -0.385. The Morgan fingerprint density at radius 1 is 1.19 bits per heavy atom. The Balaban J connectivity index is 1.77. The zero-order valence-corrected chi connectivity index (χ0v) is 15.3. The lowest BCUT2D eigenvalue weighted by atomic mass is 10.1. The maximum atomic E-state index is 12.7. The summed E-state index contributed by atoms with van der Waals surface area (Å²) in [7, 11) is 1.69. The largest absolute Gasteiger partial charge is 0.502 e. The number of benzene rings is 2. The highest BCUT2D eigenvalue weighted by atomic mass is 16.6. The fraction of sp³-hybridized carbons (Fsp3) is 0.350. The number of nitrogens with zero attached hydrogens (tertiary/aromatic N) is 3. The Kier molecular flexibility index (Phi) is 5.59. The zero-order chi connectivity index (χ0) is 19.4. The van der Waals surface area contributed by atoms with Gasteiger partial charge in [0.05, 0.1) is 4.92 Å². The topological polar surface area (TPSA) is 86.9 Å². The molecule has 0 spiro atoms. The second-order valence-electron chi connectivity index (χ2n) is 6.80. The minimum Gasteiger partial charge on any atom is -0.502 e. The Hall–Kier alpha value is -3.09. The predicted octanol–water partition coefficient (Wildman–Crippen LogP) is 3.56. The van der Waals surface area contributed by atoms with Crippen LogP contribution in [0.5, 0.6) is 5.75 Å². The van der Waals surface area contributed by atoms with E-state index >= 15 is 0 Å². The van der Waals surface area contributed by atoms with Gasteiger partial charge in [0.25, 0.3) is 5.91 Å². The van der Waals surface area contributed by atoms with Gasteiger partial charge in [-0.05, 0) is 43.0 Å². The zero-order valence-electron chi connectivity index (χ0n) is 15.3. The molecule has 0 aromatic heterocycles. The van der Waals surface area contributed by atoms with Crippen molar-refractivity contribution in [3.8, 4) is 5.75 Å². The number of phenolic OH excluding ortho intramolecular Hbond substituents is 1. The molecular weight excluding hydrogens is 346 g/mol. The van der Waals surface area contributed by atoms with Crippen molar-refractivity contribution in [1.82, 2.24) is 4.90 Å². The van der Waals surface area contributed by atoms with Crippen LogP contribution in [0.25, 0.3) is 0 Å². The van der Waals surface area contributed by atoms with Gasteiger partial charge < -0.3 is 14.9 Å². The number of anilines is 1. The molecule has 1 amide bonds. The number of nitro benzene ring substituents is 1. The summed E-state index contributed by atoms with van der Waals surface area (Å²) < 4.78 is 0. The van der Waals surface area contributed by atoms with E-state index in [9.17, 15) is 20.0 Å². The summed E-state index contributed by atoms with van der Waals surface area (Å²) in [6, 6.07) is 11.7. The van der Waals surface area contributed by atoms with Gasteiger partial charge in [0.1, 0.15) is 0 Å². The van der Waals surface area contributed by atoms with E-state index in [1.807, 2.05) is 18.2 Å². The molecule has 7 heteroatoms. The van der Waals surface area contributed by atoms with Crippen LogP contribution in [0.2, 0.25) is 0 Å². The van der Waals surface area contributed by atoms with Crippen molar-refractivity contribution in [1.29, 1.82) is 0 Å². The van der Waals surface area contributed by atoms with Crippen molar-refractivity contribution in [2.24, 2.45) is 0 Å². The van der Waals surface area contributed by atoms with Crippen molar-refractivity contribution in [2.75, 3.05) is 25.0 Å². The molecule has 0 saturated carbocycles. The summed E-state index contributed by atoms with van der Waals surface area (Å²) in [6.07, 6.45) is 3.59. The highest BCUT2D eigenvalue weighted by Gasteiger charge is 2.20. The standard InChI is InChI=1S/C20H23N3O4/c1-21(20(25)15-9-10-18(23(26)27)19(24)13-15)14-16-7-3-4-8-17(16)22-11-5-2-6-12-22/h3-4,7-10,13,24H,2,5-6,11-12,14H2,1H3. The maximum Gasteiger partial charge on any atom is 0.310 e. The lowest BCUT2D eigenvalue weighted by Gasteiger charge is -2.31. The van der Waals surface area contributed by atoms with Crippen LogP contribution in [0.3, 0.4) is 0 Å². The van der Waals surface area contributed by atoms with Crippen molar-refractivity contribution in [3.63, 3.8) is 0 Å². The molecule has 0 bridgehead atoms. The average Bonchev–Trinajstić information content (AvgIpc) is 2.68. The molecular formula is C20H23N3O4. The first kappa shape index (κ1) is 18.7. The highest BCUT2D eigenvalue weighted by Crippen LogP contribution is 2.28. The summed E-state index contributed by atoms with van der Waals surface area (Å²) >= 11 is 0. The van der Waals surface area contributed by atoms with Crippen LogP contribution in [0.4, 0.5) is 11.4 Å². The van der Waals surface area contributed by atoms with Crippen molar-refractivity contribution in [2.45, 2.75) is 25.8 Å². The molecule has 1 heterocycles. The van der Waals surface area contributed by atoms with Crippen LogP contribution in [0.1, 0.15) is 35.2 Å². The molecule has 1 N–H and O–H groups in total. The number of hydrogen-bond donors (Lipinski definition) is 1. The predicted molar refractivity (Wildman–Crippen MR) is 103 cm³/mol. The molecule has 1 aliphatic rings. The third-order valence-electron chi connectivity index (χ3n) is 4.86. The number of carbonyl (C=O) groups is 1. The molecule has 1 fully saturated rings. The summed E-state index contributed by atoms with van der Waals surface area (Å²) in [4.78, 5) is 26.7. The molecule has 7 nitrogen and oxygen atoms in total. The van der Waals surface area contributed by atoms with Gasteiger partial charge in [0.2, 0.25) is 0 Å². The quantitative estimate of drug-likeness (QED) is 0.643. The van der Waals surface area contributed by atoms with E-state index in [0.29, 0.717) is 6.54 Å². The van der Waals surface area contributed by atoms with Gasteiger partial charge in [-0.2, -0.15) is 0 Å². The second kappa shape index (κ2) is 8.07. The molecule has 1 aliphatic heterocycles. The van der Waals surface area contributed by atoms with Gasteiger partial charge in [-0.1, -0.05) is 18.2 Å². The number of rotatable bonds is 5. The monoisotopic (exact) mass is 369 g/mol. The third-order valence-corrected chi connectivity index (χ3v) is 4.86. The molecule has 0 radical (unpaired) electrons. The molecule has 2 aromatic rings. The van der Waals surface area contributed by atoms with Gasteiger partial charge in [-0.3, -0.25) is 14.9 Å². The first-order valence-corrected chi connectivity index (χ1v) is 9.03. The molecule has 0 atom stereocenters. The number of para-hydroxylation sites is 1. The summed E-state index contributed by atoms with van der Waals surface area (Å²) in [5.41, 5.74) is 2.01. The van der Waals surface area contributed by atoms with Crippen LogP contribution in [-0.2, 0) is 6.54 Å². The summed E-state index contributed by atoms with van der Waals surface area (Å²) in [5, 5.41) is 20.6. The van der Waals surface area contributed by atoms with E-state index < -0.39 is 16.4 Å². The van der Waals surface area contributed by atoms with Crippen molar-refractivity contribution < 1.29 is 14.8 Å². The molecule has 27 heavy (non-hydrogen) atoms. The van der Waals surface area contributed by atoms with E-state index in [0.717, 1.165) is 36.5 Å².